The normalized spacial score (nSPS) is 10.8. The molecule has 0 saturated heterocycles. The molecule has 112 valence electrons. The fourth-order valence-corrected chi connectivity index (χ4v) is 2.45. The lowest BCUT2D eigenvalue weighted by molar-refractivity contribution is 0.0951. The molecule has 2 heterocycles. The summed E-state index contributed by atoms with van der Waals surface area (Å²) in [6.07, 6.45) is 1.58. The van der Waals surface area contributed by atoms with Crippen molar-refractivity contribution in [1.82, 2.24) is 20.3 Å². The van der Waals surface area contributed by atoms with Gasteiger partial charge in [0.2, 0.25) is 0 Å². The van der Waals surface area contributed by atoms with E-state index in [2.05, 4.69) is 20.3 Å². The van der Waals surface area contributed by atoms with Crippen LogP contribution in [0.1, 0.15) is 27.2 Å². The first-order chi connectivity index (χ1) is 10.5. The van der Waals surface area contributed by atoms with Gasteiger partial charge in [0.05, 0.1) is 17.4 Å². The number of benzene rings is 1. The molecular formula is C16H16N4O2. The molecule has 2 aromatic heterocycles. The number of pyridine rings is 1. The van der Waals surface area contributed by atoms with Crippen molar-refractivity contribution in [2.75, 3.05) is 0 Å². The van der Waals surface area contributed by atoms with Crippen molar-refractivity contribution in [3.8, 4) is 0 Å². The number of rotatable bonds is 3. The second-order valence-electron chi connectivity index (χ2n) is 5.26. The van der Waals surface area contributed by atoms with Crippen LogP contribution in [0.5, 0.6) is 0 Å². The maximum Gasteiger partial charge on any atom is 0.253 e. The molecule has 0 unspecified atom stereocenters. The van der Waals surface area contributed by atoms with Gasteiger partial charge in [-0.3, -0.25) is 9.59 Å². The van der Waals surface area contributed by atoms with Crippen LogP contribution in [0, 0.1) is 13.8 Å². The fourth-order valence-electron chi connectivity index (χ4n) is 2.45. The van der Waals surface area contributed by atoms with E-state index in [-0.39, 0.29) is 18.0 Å². The summed E-state index contributed by atoms with van der Waals surface area (Å²) in [5.74, 6) is -0.226. The molecule has 6 heteroatoms. The van der Waals surface area contributed by atoms with Crippen molar-refractivity contribution in [2.45, 2.75) is 20.4 Å². The van der Waals surface area contributed by atoms with Crippen LogP contribution in [-0.4, -0.2) is 20.9 Å². The zero-order valence-electron chi connectivity index (χ0n) is 12.4. The van der Waals surface area contributed by atoms with E-state index in [9.17, 15) is 9.59 Å². The molecule has 1 amide bonds. The molecule has 0 saturated carbocycles. The number of H-pyrrole nitrogens is 2. The lowest BCUT2D eigenvalue weighted by Gasteiger charge is -2.08. The van der Waals surface area contributed by atoms with E-state index in [1.165, 1.54) is 0 Å². The quantitative estimate of drug-likeness (QED) is 0.688. The van der Waals surface area contributed by atoms with E-state index in [0.29, 0.717) is 11.1 Å². The summed E-state index contributed by atoms with van der Waals surface area (Å²) in [6.45, 7) is 3.89. The van der Waals surface area contributed by atoms with Crippen LogP contribution < -0.4 is 10.9 Å². The van der Waals surface area contributed by atoms with Gasteiger partial charge in [0.15, 0.2) is 0 Å². The lowest BCUT2D eigenvalue weighted by atomic mass is 10.1. The number of imidazole rings is 1. The van der Waals surface area contributed by atoms with E-state index in [1.807, 2.05) is 19.9 Å². The van der Waals surface area contributed by atoms with Gasteiger partial charge < -0.3 is 15.3 Å². The summed E-state index contributed by atoms with van der Waals surface area (Å²) < 4.78 is 0. The summed E-state index contributed by atoms with van der Waals surface area (Å²) >= 11 is 0. The first-order valence-corrected chi connectivity index (χ1v) is 6.95. The minimum absolute atomic E-state index is 0.165. The molecule has 1 aromatic carbocycles. The molecule has 0 radical (unpaired) electrons. The summed E-state index contributed by atoms with van der Waals surface area (Å²) in [5, 5.41) is 2.78. The summed E-state index contributed by atoms with van der Waals surface area (Å²) in [6, 6.07) is 7.12. The number of carbonyl (C=O) groups is 1. The first-order valence-electron chi connectivity index (χ1n) is 6.95. The molecule has 0 spiro atoms. The Morgan fingerprint density at radius 3 is 2.86 bits per heavy atom. The van der Waals surface area contributed by atoms with Gasteiger partial charge in [-0.2, -0.15) is 0 Å². The number of aryl methyl sites for hydroxylation is 2. The summed E-state index contributed by atoms with van der Waals surface area (Å²) in [7, 11) is 0. The third-order valence-corrected chi connectivity index (χ3v) is 3.60. The van der Waals surface area contributed by atoms with Crippen molar-refractivity contribution >= 4 is 16.9 Å². The molecule has 22 heavy (non-hydrogen) atoms. The minimum Gasteiger partial charge on any atom is -0.348 e. The van der Waals surface area contributed by atoms with Gasteiger partial charge in [0, 0.05) is 23.4 Å². The zero-order chi connectivity index (χ0) is 15.7. The second kappa shape index (κ2) is 5.48. The van der Waals surface area contributed by atoms with Crippen molar-refractivity contribution in [2.24, 2.45) is 0 Å². The van der Waals surface area contributed by atoms with Crippen LogP contribution in [0.2, 0.25) is 0 Å². The lowest BCUT2D eigenvalue weighted by Crippen LogP contribution is -2.27. The molecule has 0 fully saturated rings. The second-order valence-corrected chi connectivity index (χ2v) is 5.26. The Hall–Kier alpha value is -2.89. The number of nitrogens with zero attached hydrogens (tertiary/aromatic N) is 1. The Kier molecular flexibility index (Phi) is 3.50. The smallest absolute Gasteiger partial charge is 0.253 e. The number of fused-ring (bicyclic) bond motifs is 1. The molecule has 0 bridgehead atoms. The van der Waals surface area contributed by atoms with E-state index >= 15 is 0 Å². The number of aromatic amines is 2. The molecule has 6 nitrogen and oxygen atoms in total. The number of aromatic nitrogens is 3. The van der Waals surface area contributed by atoms with Gasteiger partial charge in [-0.1, -0.05) is 0 Å². The number of hydrogen-bond donors (Lipinski definition) is 3. The average molecular weight is 296 g/mol. The highest BCUT2D eigenvalue weighted by Gasteiger charge is 2.10. The Morgan fingerprint density at radius 2 is 2.09 bits per heavy atom. The molecule has 3 N–H and O–H groups in total. The highest BCUT2D eigenvalue weighted by molar-refractivity contribution is 5.97. The fraction of sp³-hybridized carbons (Fsp3) is 0.188. The summed E-state index contributed by atoms with van der Waals surface area (Å²) in [5.41, 5.74) is 4.22. The van der Waals surface area contributed by atoms with Crippen LogP contribution in [0.25, 0.3) is 11.0 Å². The summed E-state index contributed by atoms with van der Waals surface area (Å²) in [4.78, 5) is 34.0. The number of nitrogens with one attached hydrogen (secondary N) is 3. The van der Waals surface area contributed by atoms with Gasteiger partial charge in [-0.15, -0.1) is 0 Å². The number of hydrogen-bond acceptors (Lipinski definition) is 3. The van der Waals surface area contributed by atoms with E-state index in [4.69, 9.17) is 0 Å². The molecule has 0 aliphatic rings. The van der Waals surface area contributed by atoms with Gasteiger partial charge in [-0.05, 0) is 43.7 Å². The largest absolute Gasteiger partial charge is 0.348 e. The molecule has 0 atom stereocenters. The topological polar surface area (TPSA) is 90.6 Å². The third-order valence-electron chi connectivity index (χ3n) is 3.60. The predicted octanol–water partition coefficient (Wildman–Crippen LogP) is 1.80. The van der Waals surface area contributed by atoms with Crippen LogP contribution >= 0.6 is 0 Å². The third kappa shape index (κ3) is 2.63. The highest BCUT2D eigenvalue weighted by Crippen LogP contribution is 2.11. The van der Waals surface area contributed by atoms with Crippen molar-refractivity contribution < 1.29 is 4.79 Å². The highest BCUT2D eigenvalue weighted by atomic mass is 16.1. The van der Waals surface area contributed by atoms with Gasteiger partial charge in [0.1, 0.15) is 0 Å². The van der Waals surface area contributed by atoms with Crippen molar-refractivity contribution in [3.63, 3.8) is 0 Å². The monoisotopic (exact) mass is 296 g/mol. The van der Waals surface area contributed by atoms with Crippen LogP contribution in [-0.2, 0) is 6.54 Å². The van der Waals surface area contributed by atoms with Gasteiger partial charge >= 0.3 is 0 Å². The molecule has 0 aliphatic heterocycles. The maximum absolute atomic E-state index is 12.2. The SMILES string of the molecule is Cc1cc(C)c(CNC(=O)c2ccc3nc[nH]c3c2)c(=O)[nH]1. The Balaban J connectivity index is 1.79. The Bertz CT molecular complexity index is 908. The molecule has 3 aromatic rings. The van der Waals surface area contributed by atoms with Gasteiger partial charge in [0.25, 0.3) is 11.5 Å². The molecular weight excluding hydrogens is 280 g/mol. The van der Waals surface area contributed by atoms with E-state index < -0.39 is 0 Å². The standard InChI is InChI=1S/C16H16N4O2/c1-9-5-10(2)20-16(22)12(9)7-17-15(21)11-3-4-13-14(6-11)19-8-18-13/h3-6,8H,7H2,1-2H3,(H,17,21)(H,18,19)(H,20,22). The van der Waals surface area contributed by atoms with Crippen molar-refractivity contribution in [3.05, 3.63) is 63.3 Å². The van der Waals surface area contributed by atoms with Crippen molar-refractivity contribution in [1.29, 1.82) is 0 Å². The zero-order valence-corrected chi connectivity index (χ0v) is 12.4. The van der Waals surface area contributed by atoms with E-state index in [1.54, 1.807) is 24.5 Å². The first kappa shape index (κ1) is 14.1. The van der Waals surface area contributed by atoms with E-state index in [0.717, 1.165) is 22.3 Å². The van der Waals surface area contributed by atoms with Crippen LogP contribution in [0.4, 0.5) is 0 Å². The number of carbonyl (C=O) groups excluding carboxylic acids is 1. The average Bonchev–Trinajstić information content (AvgIpc) is 2.93. The maximum atomic E-state index is 12.2. The Morgan fingerprint density at radius 1 is 1.27 bits per heavy atom. The van der Waals surface area contributed by atoms with Crippen LogP contribution in [0.15, 0.2) is 35.4 Å². The molecule has 3 rings (SSSR count). The Labute approximate surface area is 126 Å². The van der Waals surface area contributed by atoms with Crippen LogP contribution in [0.3, 0.4) is 0 Å². The predicted molar refractivity (Wildman–Crippen MR) is 83.8 cm³/mol. The minimum atomic E-state index is -0.226. The molecule has 0 aliphatic carbocycles. The number of amides is 1. The van der Waals surface area contributed by atoms with Gasteiger partial charge in [-0.25, -0.2) is 4.98 Å².